The van der Waals surface area contributed by atoms with Gasteiger partial charge in [0.15, 0.2) is 5.82 Å². The zero-order valence-electron chi connectivity index (χ0n) is 13.8. The number of hydrogen-bond donors (Lipinski definition) is 1. The molecule has 0 saturated carbocycles. The fraction of sp³-hybridized carbons (Fsp3) is 0.389. The zero-order chi connectivity index (χ0) is 16.4. The average Bonchev–Trinajstić information content (AvgIpc) is 2.68. The maximum Gasteiger partial charge on any atom is 0.154 e. The lowest BCUT2D eigenvalue weighted by atomic mass is 10.1. The van der Waals surface area contributed by atoms with Crippen LogP contribution in [-0.2, 0) is 4.74 Å². The van der Waals surface area contributed by atoms with Crippen LogP contribution in [0.4, 0.5) is 11.5 Å². The summed E-state index contributed by atoms with van der Waals surface area (Å²) >= 11 is 0. The molecule has 0 unspecified atom stereocenters. The molecule has 0 radical (unpaired) electrons. The van der Waals surface area contributed by atoms with E-state index in [2.05, 4.69) is 44.5 Å². The van der Waals surface area contributed by atoms with Crippen molar-refractivity contribution in [3.05, 3.63) is 41.0 Å². The Kier molecular flexibility index (Phi) is 4.13. The summed E-state index contributed by atoms with van der Waals surface area (Å²) in [6.45, 7) is 4.96. The number of benzene rings is 1. The van der Waals surface area contributed by atoms with Crippen LogP contribution in [0.25, 0.3) is 11.3 Å². The molecule has 0 aliphatic carbocycles. The van der Waals surface area contributed by atoms with Gasteiger partial charge in [0.25, 0.3) is 0 Å². The molecule has 124 valence electrons. The summed E-state index contributed by atoms with van der Waals surface area (Å²) in [5, 5.41) is 4.94. The number of nitrogens with zero attached hydrogens (tertiary/aromatic N) is 4. The number of rotatable bonds is 3. The number of aromatic nitrogens is 1. The highest BCUT2D eigenvalue weighted by atomic mass is 16.5. The first-order valence-corrected chi connectivity index (χ1v) is 8.36. The van der Waals surface area contributed by atoms with Crippen LogP contribution < -0.4 is 20.9 Å². The minimum absolute atomic E-state index is 0.733. The number of nitrogens with one attached hydrogen (secondary N) is 1. The Hall–Kier alpha value is -2.47. The molecule has 6 heteroatoms. The number of fused-ring (bicyclic) bond motifs is 1. The lowest BCUT2D eigenvalue weighted by Crippen LogP contribution is -2.36. The highest BCUT2D eigenvalue weighted by Gasteiger charge is 2.12. The van der Waals surface area contributed by atoms with Crippen LogP contribution in [0.15, 0.2) is 40.3 Å². The smallest absolute Gasteiger partial charge is 0.154 e. The van der Waals surface area contributed by atoms with Crippen molar-refractivity contribution in [3.8, 4) is 11.3 Å². The van der Waals surface area contributed by atoms with Crippen LogP contribution >= 0.6 is 0 Å². The number of hydrogen-bond acceptors (Lipinski definition) is 6. The van der Waals surface area contributed by atoms with Gasteiger partial charge in [-0.1, -0.05) is 12.1 Å². The number of morpholine rings is 1. The molecule has 2 aromatic rings. The van der Waals surface area contributed by atoms with Crippen molar-refractivity contribution in [2.45, 2.75) is 0 Å². The molecule has 0 atom stereocenters. The first-order valence-electron chi connectivity index (χ1n) is 8.36. The number of ether oxygens (including phenoxy) is 1. The molecule has 1 aromatic heterocycles. The molecule has 2 aliphatic heterocycles. The molecule has 6 nitrogen and oxygen atoms in total. The fourth-order valence-electron chi connectivity index (χ4n) is 3.12. The largest absolute Gasteiger partial charge is 0.378 e. The second-order valence-electron chi connectivity index (χ2n) is 5.88. The van der Waals surface area contributed by atoms with Crippen LogP contribution in [0.5, 0.6) is 0 Å². The molecule has 0 amide bonds. The first kappa shape index (κ1) is 15.1. The summed E-state index contributed by atoms with van der Waals surface area (Å²) in [7, 11) is 1.87. The van der Waals surface area contributed by atoms with E-state index in [1.807, 2.05) is 13.1 Å². The summed E-state index contributed by atoms with van der Waals surface area (Å²) in [6, 6.07) is 10.6. The Morgan fingerprint density at radius 2 is 1.79 bits per heavy atom. The van der Waals surface area contributed by atoms with E-state index in [4.69, 9.17) is 9.72 Å². The second-order valence-corrected chi connectivity index (χ2v) is 5.88. The van der Waals surface area contributed by atoms with Crippen molar-refractivity contribution in [2.24, 2.45) is 9.98 Å². The topological polar surface area (TPSA) is 62.1 Å². The summed E-state index contributed by atoms with van der Waals surface area (Å²) in [5.74, 6) is 0.795. The molecule has 0 spiro atoms. The third-order valence-electron chi connectivity index (χ3n) is 4.40. The Bertz CT molecular complexity index is 841. The molecular formula is C18H21N5O. The second kappa shape index (κ2) is 6.57. The predicted octanol–water partition coefficient (Wildman–Crippen LogP) is 0.880. The van der Waals surface area contributed by atoms with E-state index in [0.717, 1.165) is 67.2 Å². The highest BCUT2D eigenvalue weighted by molar-refractivity contribution is 5.64. The molecule has 1 aromatic carbocycles. The standard InChI is InChI=1S/C18H21N5O/c1-19-18-17-16(20-6-7-21-17)12-15(22-18)13-2-4-14(5-3-13)23-8-10-24-11-9-23/h2-5,12H,6-11H2,1H3,(H,19,22). The third kappa shape index (κ3) is 2.85. The maximum absolute atomic E-state index is 5.41. The minimum atomic E-state index is 0.733. The normalized spacial score (nSPS) is 16.8. The molecule has 0 bridgehead atoms. The van der Waals surface area contributed by atoms with Crippen LogP contribution in [0, 0.1) is 0 Å². The highest BCUT2D eigenvalue weighted by Crippen LogP contribution is 2.22. The van der Waals surface area contributed by atoms with E-state index in [0.29, 0.717) is 0 Å². The SMILES string of the molecule is CNc1nc(-c2ccc(N3CCOCC3)cc2)cc2c1=NCCN=2. The predicted molar refractivity (Wildman–Crippen MR) is 94.3 cm³/mol. The van der Waals surface area contributed by atoms with Crippen LogP contribution in [-0.4, -0.2) is 51.4 Å². The van der Waals surface area contributed by atoms with Gasteiger partial charge in [-0.05, 0) is 18.2 Å². The summed E-state index contributed by atoms with van der Waals surface area (Å²) in [6.07, 6.45) is 0. The van der Waals surface area contributed by atoms with Gasteiger partial charge in [-0.2, -0.15) is 0 Å². The summed E-state index contributed by atoms with van der Waals surface area (Å²) in [5.41, 5.74) is 3.24. The zero-order valence-corrected chi connectivity index (χ0v) is 13.8. The summed E-state index contributed by atoms with van der Waals surface area (Å²) in [4.78, 5) is 16.2. The first-order chi connectivity index (χ1) is 11.8. The van der Waals surface area contributed by atoms with Gasteiger partial charge in [-0.25, -0.2) is 4.98 Å². The van der Waals surface area contributed by atoms with E-state index < -0.39 is 0 Å². The molecule has 1 N–H and O–H groups in total. The maximum atomic E-state index is 5.41. The minimum Gasteiger partial charge on any atom is -0.378 e. The Labute approximate surface area is 140 Å². The Balaban J connectivity index is 1.69. The lowest BCUT2D eigenvalue weighted by molar-refractivity contribution is 0.122. The van der Waals surface area contributed by atoms with Gasteiger partial charge in [-0.3, -0.25) is 9.98 Å². The van der Waals surface area contributed by atoms with E-state index in [1.54, 1.807) is 0 Å². The molecule has 4 rings (SSSR count). The Morgan fingerprint density at radius 3 is 2.54 bits per heavy atom. The lowest BCUT2D eigenvalue weighted by Gasteiger charge is -2.28. The van der Waals surface area contributed by atoms with Gasteiger partial charge in [0.1, 0.15) is 5.36 Å². The Morgan fingerprint density at radius 1 is 1.04 bits per heavy atom. The third-order valence-corrected chi connectivity index (χ3v) is 4.40. The molecule has 1 fully saturated rings. The van der Waals surface area contributed by atoms with E-state index >= 15 is 0 Å². The molecule has 3 heterocycles. The van der Waals surface area contributed by atoms with Gasteiger partial charge in [0, 0.05) is 31.4 Å². The van der Waals surface area contributed by atoms with Gasteiger partial charge in [-0.15, -0.1) is 0 Å². The van der Waals surface area contributed by atoms with Crippen molar-refractivity contribution in [1.29, 1.82) is 0 Å². The monoisotopic (exact) mass is 323 g/mol. The van der Waals surface area contributed by atoms with Gasteiger partial charge in [0.2, 0.25) is 0 Å². The molecule has 24 heavy (non-hydrogen) atoms. The molecule has 2 aliphatic rings. The fourth-order valence-corrected chi connectivity index (χ4v) is 3.12. The van der Waals surface area contributed by atoms with Crippen molar-refractivity contribution >= 4 is 11.5 Å². The van der Waals surface area contributed by atoms with Crippen molar-refractivity contribution in [2.75, 3.05) is 56.7 Å². The van der Waals surface area contributed by atoms with Gasteiger partial charge >= 0.3 is 0 Å². The quantitative estimate of drug-likeness (QED) is 0.911. The molecule has 1 saturated heterocycles. The summed E-state index contributed by atoms with van der Waals surface area (Å²) < 4.78 is 5.41. The van der Waals surface area contributed by atoms with Crippen LogP contribution in [0.2, 0.25) is 0 Å². The van der Waals surface area contributed by atoms with Crippen molar-refractivity contribution in [3.63, 3.8) is 0 Å². The van der Waals surface area contributed by atoms with E-state index in [-0.39, 0.29) is 0 Å². The van der Waals surface area contributed by atoms with E-state index in [9.17, 15) is 0 Å². The van der Waals surface area contributed by atoms with Crippen molar-refractivity contribution in [1.82, 2.24) is 4.98 Å². The van der Waals surface area contributed by atoms with Gasteiger partial charge < -0.3 is 15.0 Å². The van der Waals surface area contributed by atoms with Gasteiger partial charge in [0.05, 0.1) is 37.4 Å². The van der Waals surface area contributed by atoms with Crippen LogP contribution in [0.1, 0.15) is 0 Å². The number of anilines is 2. The molecular weight excluding hydrogens is 302 g/mol. The average molecular weight is 323 g/mol. The van der Waals surface area contributed by atoms with Crippen molar-refractivity contribution < 1.29 is 4.74 Å². The number of pyridine rings is 1. The van der Waals surface area contributed by atoms with Crippen LogP contribution in [0.3, 0.4) is 0 Å². The van der Waals surface area contributed by atoms with E-state index in [1.165, 1.54) is 5.69 Å².